The number of benzene rings is 3. The van der Waals surface area contributed by atoms with Crippen molar-refractivity contribution in [1.29, 1.82) is 0 Å². The average Bonchev–Trinajstić information content (AvgIpc) is 3.21. The van der Waals surface area contributed by atoms with Crippen molar-refractivity contribution in [3.8, 4) is 5.69 Å². The van der Waals surface area contributed by atoms with Crippen molar-refractivity contribution in [1.82, 2.24) is 20.1 Å². The highest BCUT2D eigenvalue weighted by molar-refractivity contribution is 7.98. The van der Waals surface area contributed by atoms with E-state index in [2.05, 4.69) is 27.6 Å². The van der Waals surface area contributed by atoms with Gasteiger partial charge in [-0.15, -0.1) is 10.2 Å². The molecule has 0 aliphatic heterocycles. The third-order valence-electron chi connectivity index (χ3n) is 5.04. The molecule has 0 radical (unpaired) electrons. The minimum atomic E-state index is -0.152. The predicted molar refractivity (Wildman–Crippen MR) is 129 cm³/mol. The van der Waals surface area contributed by atoms with Gasteiger partial charge in [0.25, 0.3) is 5.91 Å². The largest absolute Gasteiger partial charge is 0.345 e. The number of nitrogens with one attached hydrogen (secondary N) is 1. The van der Waals surface area contributed by atoms with Crippen LogP contribution in [0.5, 0.6) is 0 Å². The second kappa shape index (κ2) is 10.0. The normalized spacial score (nSPS) is 10.8. The number of carbonyl (C=O) groups is 1. The summed E-state index contributed by atoms with van der Waals surface area (Å²) >= 11 is 7.90. The molecular formula is C25H23ClN4OS. The van der Waals surface area contributed by atoms with Crippen LogP contribution in [-0.4, -0.2) is 20.7 Å². The van der Waals surface area contributed by atoms with Gasteiger partial charge in [0.1, 0.15) is 0 Å². The fourth-order valence-corrected chi connectivity index (χ4v) is 4.35. The van der Waals surface area contributed by atoms with E-state index in [1.807, 2.05) is 79.1 Å². The van der Waals surface area contributed by atoms with Gasteiger partial charge in [0.15, 0.2) is 11.0 Å². The highest BCUT2D eigenvalue weighted by Crippen LogP contribution is 2.28. The lowest BCUT2D eigenvalue weighted by molar-refractivity contribution is 0.0949. The van der Waals surface area contributed by atoms with Gasteiger partial charge in [-0.25, -0.2) is 0 Å². The fraction of sp³-hybridized carbons (Fsp3) is 0.160. The second-order valence-electron chi connectivity index (χ2n) is 7.49. The van der Waals surface area contributed by atoms with Gasteiger partial charge in [-0.05, 0) is 49.2 Å². The maximum Gasteiger partial charge on any atom is 0.251 e. The highest BCUT2D eigenvalue weighted by atomic mass is 35.5. The van der Waals surface area contributed by atoms with E-state index in [9.17, 15) is 4.79 Å². The van der Waals surface area contributed by atoms with Crippen LogP contribution in [0.15, 0.2) is 78.0 Å². The molecule has 0 saturated heterocycles. The summed E-state index contributed by atoms with van der Waals surface area (Å²) in [6, 6.07) is 23.4. The molecule has 1 amide bonds. The van der Waals surface area contributed by atoms with Crippen molar-refractivity contribution in [2.24, 2.45) is 0 Å². The molecule has 1 N–H and O–H groups in total. The fourth-order valence-electron chi connectivity index (χ4n) is 3.26. The third-order valence-corrected chi connectivity index (χ3v) is 6.28. The maximum atomic E-state index is 12.6. The topological polar surface area (TPSA) is 59.8 Å². The van der Waals surface area contributed by atoms with Crippen LogP contribution in [0.4, 0.5) is 0 Å². The standard InChI is InChI=1S/C25H23ClN4OS/c1-17-8-11-20(12-9-17)24(31)27-15-23-28-29-25(32-16-19-6-4-3-5-7-19)30(23)22-14-21(26)13-10-18(22)2/h3-14H,15-16H2,1-2H3,(H,27,31). The first-order valence-corrected chi connectivity index (χ1v) is 11.6. The minimum Gasteiger partial charge on any atom is -0.345 e. The van der Waals surface area contributed by atoms with Gasteiger partial charge in [-0.1, -0.05) is 77.5 Å². The first kappa shape index (κ1) is 22.1. The van der Waals surface area contributed by atoms with Crippen molar-refractivity contribution >= 4 is 29.3 Å². The quantitative estimate of drug-likeness (QED) is 0.355. The molecule has 32 heavy (non-hydrogen) atoms. The third kappa shape index (κ3) is 5.21. The van der Waals surface area contributed by atoms with Crippen LogP contribution in [-0.2, 0) is 12.3 Å². The lowest BCUT2D eigenvalue weighted by atomic mass is 10.1. The van der Waals surface area contributed by atoms with Gasteiger partial charge in [0.05, 0.1) is 12.2 Å². The van der Waals surface area contributed by atoms with E-state index in [0.29, 0.717) is 16.4 Å². The smallest absolute Gasteiger partial charge is 0.251 e. The number of aryl methyl sites for hydroxylation is 2. The van der Waals surface area contributed by atoms with E-state index in [-0.39, 0.29) is 12.5 Å². The summed E-state index contributed by atoms with van der Waals surface area (Å²) in [7, 11) is 0. The second-order valence-corrected chi connectivity index (χ2v) is 8.87. The number of carbonyl (C=O) groups excluding carboxylic acids is 1. The number of aromatic nitrogens is 3. The number of amides is 1. The van der Waals surface area contributed by atoms with Crippen molar-refractivity contribution in [2.45, 2.75) is 31.3 Å². The molecule has 1 heterocycles. The summed E-state index contributed by atoms with van der Waals surface area (Å²) in [5, 5.41) is 13.2. The summed E-state index contributed by atoms with van der Waals surface area (Å²) < 4.78 is 1.98. The molecule has 162 valence electrons. The molecule has 0 bridgehead atoms. The molecule has 0 spiro atoms. The number of hydrogen-bond acceptors (Lipinski definition) is 4. The van der Waals surface area contributed by atoms with Gasteiger partial charge in [-0.2, -0.15) is 0 Å². The van der Waals surface area contributed by atoms with Crippen LogP contribution < -0.4 is 5.32 Å². The predicted octanol–water partition coefficient (Wildman–Crippen LogP) is 5.76. The van der Waals surface area contributed by atoms with Crippen LogP contribution in [0.1, 0.15) is 32.9 Å². The first-order valence-electron chi connectivity index (χ1n) is 10.2. The Bertz CT molecular complexity index is 1220. The Hall–Kier alpha value is -3.09. The molecule has 0 aliphatic carbocycles. The molecule has 4 aromatic rings. The number of rotatable bonds is 7. The summed E-state index contributed by atoms with van der Waals surface area (Å²) in [6.45, 7) is 4.26. The van der Waals surface area contributed by atoms with E-state index in [4.69, 9.17) is 11.6 Å². The SMILES string of the molecule is Cc1ccc(C(=O)NCc2nnc(SCc3ccccc3)n2-c2cc(Cl)ccc2C)cc1. The number of thioether (sulfide) groups is 1. The zero-order valence-corrected chi connectivity index (χ0v) is 19.5. The van der Waals surface area contributed by atoms with Gasteiger partial charge in [0.2, 0.25) is 0 Å². The van der Waals surface area contributed by atoms with Crippen LogP contribution in [0.2, 0.25) is 5.02 Å². The van der Waals surface area contributed by atoms with Gasteiger partial charge in [0, 0.05) is 16.3 Å². The molecule has 0 atom stereocenters. The molecule has 1 aromatic heterocycles. The van der Waals surface area contributed by atoms with E-state index < -0.39 is 0 Å². The van der Waals surface area contributed by atoms with Gasteiger partial charge >= 0.3 is 0 Å². The van der Waals surface area contributed by atoms with Crippen molar-refractivity contribution in [3.63, 3.8) is 0 Å². The Balaban J connectivity index is 1.61. The summed E-state index contributed by atoms with van der Waals surface area (Å²) in [4.78, 5) is 12.6. The Morgan fingerprint density at radius 1 is 1.00 bits per heavy atom. The van der Waals surface area contributed by atoms with Gasteiger partial charge in [-0.3, -0.25) is 9.36 Å². The van der Waals surface area contributed by atoms with Crippen LogP contribution in [0, 0.1) is 13.8 Å². The van der Waals surface area contributed by atoms with Crippen molar-refractivity contribution in [2.75, 3.05) is 0 Å². The lowest BCUT2D eigenvalue weighted by Crippen LogP contribution is -2.24. The molecule has 7 heteroatoms. The van der Waals surface area contributed by atoms with E-state index in [1.165, 1.54) is 5.56 Å². The molecular weight excluding hydrogens is 440 g/mol. The molecule has 3 aromatic carbocycles. The lowest BCUT2D eigenvalue weighted by Gasteiger charge is -2.14. The minimum absolute atomic E-state index is 0.152. The van der Waals surface area contributed by atoms with E-state index in [0.717, 1.165) is 27.7 Å². The van der Waals surface area contributed by atoms with Crippen molar-refractivity contribution < 1.29 is 4.79 Å². The average molecular weight is 463 g/mol. The first-order chi connectivity index (χ1) is 15.5. The Morgan fingerprint density at radius 3 is 2.50 bits per heavy atom. The molecule has 0 saturated carbocycles. The molecule has 0 fully saturated rings. The van der Waals surface area contributed by atoms with E-state index in [1.54, 1.807) is 11.8 Å². The molecule has 5 nitrogen and oxygen atoms in total. The molecule has 0 aliphatic rings. The van der Waals surface area contributed by atoms with Crippen LogP contribution in [0.25, 0.3) is 5.69 Å². The van der Waals surface area contributed by atoms with E-state index >= 15 is 0 Å². The Morgan fingerprint density at radius 2 is 1.75 bits per heavy atom. The summed E-state index contributed by atoms with van der Waals surface area (Å²) in [5.41, 5.74) is 4.86. The number of hydrogen-bond donors (Lipinski definition) is 1. The number of nitrogens with zero attached hydrogens (tertiary/aromatic N) is 3. The van der Waals surface area contributed by atoms with Crippen LogP contribution in [0.3, 0.4) is 0 Å². The Kier molecular flexibility index (Phi) is 6.93. The monoisotopic (exact) mass is 462 g/mol. The Labute approximate surface area is 196 Å². The summed E-state index contributed by atoms with van der Waals surface area (Å²) in [5.74, 6) is 1.25. The number of halogens is 1. The zero-order valence-electron chi connectivity index (χ0n) is 17.9. The molecule has 4 rings (SSSR count). The van der Waals surface area contributed by atoms with Crippen molar-refractivity contribution in [3.05, 3.63) is 106 Å². The van der Waals surface area contributed by atoms with Gasteiger partial charge < -0.3 is 5.32 Å². The maximum absolute atomic E-state index is 12.6. The van der Waals surface area contributed by atoms with Crippen LogP contribution >= 0.6 is 23.4 Å². The zero-order chi connectivity index (χ0) is 22.5. The highest BCUT2D eigenvalue weighted by Gasteiger charge is 2.18. The summed E-state index contributed by atoms with van der Waals surface area (Å²) in [6.07, 6.45) is 0. The molecule has 0 unspecified atom stereocenters.